The van der Waals surface area contributed by atoms with Crippen molar-refractivity contribution in [3.63, 3.8) is 0 Å². The molecular weight excluding hydrogens is 334 g/mol. The summed E-state index contributed by atoms with van der Waals surface area (Å²) >= 11 is 0. The van der Waals surface area contributed by atoms with E-state index in [1.54, 1.807) is 4.90 Å². The SMILES string of the molecule is Cc1ccccc1OCCC(=O)N1CCCCC1c1[nH]ncc1C(=O)O. The molecule has 0 spiro atoms. The van der Waals surface area contributed by atoms with E-state index in [2.05, 4.69) is 10.2 Å². The summed E-state index contributed by atoms with van der Waals surface area (Å²) in [5, 5.41) is 16.0. The summed E-state index contributed by atoms with van der Waals surface area (Å²) in [5.41, 5.74) is 1.66. The van der Waals surface area contributed by atoms with E-state index in [4.69, 9.17) is 4.74 Å². The predicted octanol–water partition coefficient (Wildman–Crippen LogP) is 2.94. The minimum atomic E-state index is -1.03. The highest BCUT2D eigenvalue weighted by Crippen LogP contribution is 2.32. The number of aromatic nitrogens is 2. The smallest absolute Gasteiger partial charge is 0.339 e. The van der Waals surface area contributed by atoms with Gasteiger partial charge in [0.1, 0.15) is 11.3 Å². The molecule has 0 radical (unpaired) electrons. The lowest BCUT2D eigenvalue weighted by molar-refractivity contribution is -0.135. The number of nitrogens with zero attached hydrogens (tertiary/aromatic N) is 2. The van der Waals surface area contributed by atoms with Crippen LogP contribution in [0.25, 0.3) is 0 Å². The number of aryl methyl sites for hydroxylation is 1. The number of para-hydroxylation sites is 1. The number of benzene rings is 1. The van der Waals surface area contributed by atoms with Crippen molar-refractivity contribution in [1.82, 2.24) is 15.1 Å². The van der Waals surface area contributed by atoms with Gasteiger partial charge in [-0.05, 0) is 37.8 Å². The monoisotopic (exact) mass is 357 g/mol. The number of amides is 1. The van der Waals surface area contributed by atoms with Crippen molar-refractivity contribution in [2.45, 2.75) is 38.6 Å². The fraction of sp³-hybridized carbons (Fsp3) is 0.421. The van der Waals surface area contributed by atoms with Crippen LogP contribution in [0.2, 0.25) is 0 Å². The highest BCUT2D eigenvalue weighted by Gasteiger charge is 2.31. The zero-order valence-corrected chi connectivity index (χ0v) is 14.8. The van der Waals surface area contributed by atoms with E-state index >= 15 is 0 Å². The number of likely N-dealkylation sites (tertiary alicyclic amines) is 1. The third-order valence-electron chi connectivity index (χ3n) is 4.72. The molecule has 7 nitrogen and oxygen atoms in total. The number of carbonyl (C=O) groups is 2. The number of H-pyrrole nitrogens is 1. The van der Waals surface area contributed by atoms with Crippen LogP contribution in [0.5, 0.6) is 5.75 Å². The Labute approximate surface area is 152 Å². The number of nitrogens with one attached hydrogen (secondary N) is 1. The van der Waals surface area contributed by atoms with Crippen LogP contribution in [0.15, 0.2) is 30.5 Å². The Hall–Kier alpha value is -2.83. The van der Waals surface area contributed by atoms with Gasteiger partial charge in [0, 0.05) is 6.54 Å². The van der Waals surface area contributed by atoms with E-state index in [0.717, 1.165) is 30.6 Å². The largest absolute Gasteiger partial charge is 0.493 e. The highest BCUT2D eigenvalue weighted by molar-refractivity contribution is 5.89. The summed E-state index contributed by atoms with van der Waals surface area (Å²) in [6.07, 6.45) is 4.15. The molecule has 26 heavy (non-hydrogen) atoms. The Morgan fingerprint density at radius 1 is 1.35 bits per heavy atom. The van der Waals surface area contributed by atoms with Crippen LogP contribution in [0.3, 0.4) is 0 Å². The molecule has 1 amide bonds. The molecule has 0 aliphatic carbocycles. The van der Waals surface area contributed by atoms with Crippen LogP contribution < -0.4 is 4.74 Å². The quantitative estimate of drug-likeness (QED) is 0.829. The van der Waals surface area contributed by atoms with Crippen LogP contribution in [-0.2, 0) is 4.79 Å². The fourth-order valence-electron chi connectivity index (χ4n) is 3.36. The number of carboxylic acids is 1. The van der Waals surface area contributed by atoms with Gasteiger partial charge in [0.2, 0.25) is 5.91 Å². The molecule has 1 fully saturated rings. The molecule has 0 bridgehead atoms. The molecule has 1 saturated heterocycles. The third-order valence-corrected chi connectivity index (χ3v) is 4.72. The van der Waals surface area contributed by atoms with E-state index in [9.17, 15) is 14.7 Å². The van der Waals surface area contributed by atoms with Crippen molar-refractivity contribution < 1.29 is 19.4 Å². The normalized spacial score (nSPS) is 17.1. The van der Waals surface area contributed by atoms with Crippen molar-refractivity contribution in [2.75, 3.05) is 13.2 Å². The second-order valence-corrected chi connectivity index (χ2v) is 6.47. The van der Waals surface area contributed by atoms with E-state index < -0.39 is 5.97 Å². The summed E-state index contributed by atoms with van der Waals surface area (Å²) in [4.78, 5) is 25.9. The van der Waals surface area contributed by atoms with Gasteiger partial charge in [-0.2, -0.15) is 5.10 Å². The minimum absolute atomic E-state index is 0.0331. The number of rotatable bonds is 6. The number of piperidine rings is 1. The van der Waals surface area contributed by atoms with Crippen LogP contribution in [0.4, 0.5) is 0 Å². The molecule has 7 heteroatoms. The van der Waals surface area contributed by atoms with Crippen LogP contribution in [0, 0.1) is 6.92 Å². The van der Waals surface area contributed by atoms with Gasteiger partial charge in [-0.1, -0.05) is 18.2 Å². The average molecular weight is 357 g/mol. The van der Waals surface area contributed by atoms with Gasteiger partial charge in [0.05, 0.1) is 31.0 Å². The number of hydrogen-bond acceptors (Lipinski definition) is 4. The summed E-state index contributed by atoms with van der Waals surface area (Å²) in [7, 11) is 0. The molecule has 2 N–H and O–H groups in total. The molecule has 1 aromatic carbocycles. The molecule has 138 valence electrons. The predicted molar refractivity (Wildman–Crippen MR) is 95.1 cm³/mol. The number of aromatic amines is 1. The lowest BCUT2D eigenvalue weighted by Gasteiger charge is -2.35. The fourth-order valence-corrected chi connectivity index (χ4v) is 3.36. The molecule has 1 aromatic heterocycles. The van der Waals surface area contributed by atoms with E-state index in [0.29, 0.717) is 18.8 Å². The first kappa shape index (κ1) is 18.0. The van der Waals surface area contributed by atoms with Gasteiger partial charge in [-0.3, -0.25) is 9.89 Å². The average Bonchev–Trinajstić information content (AvgIpc) is 3.13. The lowest BCUT2D eigenvalue weighted by Crippen LogP contribution is -2.39. The summed E-state index contributed by atoms with van der Waals surface area (Å²) in [6.45, 7) is 2.87. The van der Waals surface area contributed by atoms with Crippen molar-refractivity contribution in [1.29, 1.82) is 0 Å². The minimum Gasteiger partial charge on any atom is -0.493 e. The van der Waals surface area contributed by atoms with Gasteiger partial charge >= 0.3 is 5.97 Å². The Morgan fingerprint density at radius 3 is 2.92 bits per heavy atom. The van der Waals surface area contributed by atoms with Gasteiger partial charge in [0.15, 0.2) is 0 Å². The molecule has 1 aliphatic rings. The maximum atomic E-state index is 12.7. The van der Waals surface area contributed by atoms with E-state index in [1.807, 2.05) is 31.2 Å². The van der Waals surface area contributed by atoms with E-state index in [-0.39, 0.29) is 23.9 Å². The maximum Gasteiger partial charge on any atom is 0.339 e. The van der Waals surface area contributed by atoms with Crippen molar-refractivity contribution in [3.8, 4) is 5.75 Å². The van der Waals surface area contributed by atoms with Crippen LogP contribution in [0.1, 0.15) is 53.3 Å². The van der Waals surface area contributed by atoms with Gasteiger partial charge in [-0.25, -0.2) is 4.79 Å². The topological polar surface area (TPSA) is 95.5 Å². The summed E-state index contributed by atoms with van der Waals surface area (Å²) < 4.78 is 5.72. The zero-order valence-electron chi connectivity index (χ0n) is 14.8. The maximum absolute atomic E-state index is 12.7. The van der Waals surface area contributed by atoms with E-state index in [1.165, 1.54) is 6.20 Å². The first-order valence-corrected chi connectivity index (χ1v) is 8.82. The summed E-state index contributed by atoms with van der Waals surface area (Å²) in [6, 6.07) is 7.41. The number of ether oxygens (including phenoxy) is 1. The molecule has 1 unspecified atom stereocenters. The molecule has 2 heterocycles. The van der Waals surface area contributed by atoms with Crippen molar-refractivity contribution >= 4 is 11.9 Å². The Kier molecular flexibility index (Phi) is 5.55. The standard InChI is InChI=1S/C19H23N3O4/c1-13-6-2-3-8-16(13)26-11-9-17(23)22-10-5-4-7-15(22)18-14(19(24)25)12-20-21-18/h2-3,6,8,12,15H,4-5,7,9-11H2,1H3,(H,20,21)(H,24,25). The summed E-state index contributed by atoms with van der Waals surface area (Å²) in [5.74, 6) is -0.291. The Morgan fingerprint density at radius 2 is 2.15 bits per heavy atom. The van der Waals surface area contributed by atoms with Crippen molar-refractivity contribution in [3.05, 3.63) is 47.3 Å². The van der Waals surface area contributed by atoms with Crippen LogP contribution >= 0.6 is 0 Å². The number of carbonyl (C=O) groups excluding carboxylic acids is 1. The Bertz CT molecular complexity index is 787. The molecule has 1 atom stereocenters. The third kappa shape index (κ3) is 3.87. The Balaban J connectivity index is 1.65. The van der Waals surface area contributed by atoms with Gasteiger partial charge in [0.25, 0.3) is 0 Å². The highest BCUT2D eigenvalue weighted by atomic mass is 16.5. The number of hydrogen-bond donors (Lipinski definition) is 2. The molecule has 2 aromatic rings. The van der Waals surface area contributed by atoms with Crippen LogP contribution in [-0.4, -0.2) is 45.2 Å². The number of aromatic carboxylic acids is 1. The van der Waals surface area contributed by atoms with Gasteiger partial charge < -0.3 is 14.7 Å². The molecular formula is C19H23N3O4. The second kappa shape index (κ2) is 8.03. The molecule has 1 aliphatic heterocycles. The molecule has 0 saturated carbocycles. The zero-order chi connectivity index (χ0) is 18.5. The first-order valence-electron chi connectivity index (χ1n) is 8.82. The van der Waals surface area contributed by atoms with Gasteiger partial charge in [-0.15, -0.1) is 0 Å². The molecule has 3 rings (SSSR count). The first-order chi connectivity index (χ1) is 12.6. The lowest BCUT2D eigenvalue weighted by atomic mass is 9.96. The number of carboxylic acid groups (broad SMARTS) is 1. The second-order valence-electron chi connectivity index (χ2n) is 6.47. The van der Waals surface area contributed by atoms with Crippen molar-refractivity contribution in [2.24, 2.45) is 0 Å².